The van der Waals surface area contributed by atoms with Crippen molar-refractivity contribution >= 4 is 35.7 Å². The third-order valence-corrected chi connectivity index (χ3v) is 4.97. The van der Waals surface area contributed by atoms with E-state index in [2.05, 4.69) is 5.09 Å². The average Bonchev–Trinajstić information content (AvgIpc) is 2.27. The quantitative estimate of drug-likeness (QED) is 0.450. The van der Waals surface area contributed by atoms with Gasteiger partial charge >= 0.3 is 29.6 Å². The van der Waals surface area contributed by atoms with Gasteiger partial charge in [0.05, 0.1) is 12.2 Å². The first-order chi connectivity index (χ1) is 8.82. The molecule has 0 N–H and O–H groups in total. The van der Waals surface area contributed by atoms with Crippen molar-refractivity contribution in [1.29, 1.82) is 0 Å². The van der Waals surface area contributed by atoms with Gasteiger partial charge in [0.1, 0.15) is 6.64 Å². The first-order valence-electron chi connectivity index (χ1n) is 6.12. The van der Waals surface area contributed by atoms with Gasteiger partial charge in [-0.15, -0.1) is 12.2 Å². The number of thiocarbonyl (C=S) groups is 1. The van der Waals surface area contributed by atoms with E-state index in [-0.39, 0.29) is 41.8 Å². The molecule has 0 unspecified atom stereocenters. The average molecular weight is 339 g/mol. The first-order valence-corrected chi connectivity index (χ1v) is 9.12. The van der Waals surface area contributed by atoms with E-state index in [1.54, 1.807) is 0 Å². The van der Waals surface area contributed by atoms with E-state index in [1.165, 1.54) is 0 Å². The molecular weight excluding hydrogens is 320 g/mol. The van der Waals surface area contributed by atoms with Crippen LogP contribution in [0, 0.1) is 0 Å². The van der Waals surface area contributed by atoms with Gasteiger partial charge in [-0.05, 0) is 33.3 Å². The van der Waals surface area contributed by atoms with Crippen molar-refractivity contribution in [3.8, 4) is 0 Å². The summed E-state index contributed by atoms with van der Waals surface area (Å²) in [5, 5.41) is 4.37. The van der Waals surface area contributed by atoms with Crippen LogP contribution in [-0.4, -0.2) is 17.2 Å². The fraction of sp³-hybridized carbons (Fsp3) is 0.462. The molecule has 0 saturated heterocycles. The summed E-state index contributed by atoms with van der Waals surface area (Å²) in [5.41, 5.74) is 0.853. The Labute approximate surface area is 154 Å². The molecule has 0 amide bonds. The van der Waals surface area contributed by atoms with Gasteiger partial charge in [0.25, 0.3) is 0 Å². The minimum Gasteiger partial charge on any atom is -0.598 e. The molecule has 0 fully saturated rings. The van der Waals surface area contributed by atoms with Crippen LogP contribution >= 0.6 is 18.9 Å². The molecule has 1 rings (SSSR count). The standard InChI is InChI=1S/C13H20NO2PS2.Na/c1-10(2)15-17(19,16-11(3)4)14-13(18)12-8-6-5-7-9-12;/h5-11H,1-4H3,(H,14,18,19);/q;+1/p-1. The number of hydrogen-bond donors (Lipinski definition) is 0. The first kappa shape index (κ1) is 20.7. The van der Waals surface area contributed by atoms with E-state index in [9.17, 15) is 0 Å². The largest absolute Gasteiger partial charge is 1.00 e. The van der Waals surface area contributed by atoms with Crippen molar-refractivity contribution in [2.45, 2.75) is 39.9 Å². The van der Waals surface area contributed by atoms with E-state index in [0.717, 1.165) is 5.56 Å². The summed E-state index contributed by atoms with van der Waals surface area (Å²) in [7, 11) is 0. The molecular formula is C13H19NNaO2PS2. The van der Waals surface area contributed by atoms with E-state index in [1.807, 2.05) is 58.0 Å². The van der Waals surface area contributed by atoms with Gasteiger partial charge in [-0.25, -0.2) is 0 Å². The van der Waals surface area contributed by atoms with Gasteiger partial charge in [0, 0.05) is 0 Å². The Hall–Kier alpha value is 0.680. The van der Waals surface area contributed by atoms with Crippen molar-refractivity contribution in [2.75, 3.05) is 0 Å². The zero-order valence-corrected chi connectivity index (χ0v) is 17.1. The van der Waals surface area contributed by atoms with Crippen LogP contribution in [0.25, 0.3) is 5.09 Å². The SMILES string of the molecule is CC(C)OP(=S)([N-]C(=S)c1ccccc1)OC(C)C.[Na+]. The van der Waals surface area contributed by atoms with Crippen LogP contribution in [0.1, 0.15) is 33.3 Å². The van der Waals surface area contributed by atoms with Crippen LogP contribution in [0.15, 0.2) is 30.3 Å². The Morgan fingerprint density at radius 1 is 1.05 bits per heavy atom. The maximum absolute atomic E-state index is 5.69. The monoisotopic (exact) mass is 339 g/mol. The Morgan fingerprint density at radius 2 is 1.50 bits per heavy atom. The molecule has 0 atom stereocenters. The van der Waals surface area contributed by atoms with Crippen molar-refractivity contribution in [3.63, 3.8) is 0 Å². The fourth-order valence-corrected chi connectivity index (χ4v) is 4.79. The zero-order chi connectivity index (χ0) is 14.5. The predicted molar refractivity (Wildman–Crippen MR) is 88.2 cm³/mol. The van der Waals surface area contributed by atoms with Gasteiger partial charge < -0.3 is 14.1 Å². The topological polar surface area (TPSA) is 32.6 Å². The third kappa shape index (κ3) is 7.62. The Kier molecular flexibility index (Phi) is 9.98. The van der Waals surface area contributed by atoms with Crippen LogP contribution < -0.4 is 29.6 Å². The normalized spacial score (nSPS) is 11.3. The Bertz CT molecular complexity index is 455. The third-order valence-electron chi connectivity index (χ3n) is 1.92. The summed E-state index contributed by atoms with van der Waals surface area (Å²) in [6.45, 7) is 4.90. The fourth-order valence-electron chi connectivity index (χ4n) is 1.35. The molecule has 0 heterocycles. The molecule has 20 heavy (non-hydrogen) atoms. The van der Waals surface area contributed by atoms with Gasteiger partial charge in [-0.2, -0.15) is 0 Å². The molecule has 0 radical (unpaired) electrons. The summed E-state index contributed by atoms with van der Waals surface area (Å²) in [4.78, 5) is 0.435. The molecule has 106 valence electrons. The second kappa shape index (κ2) is 9.65. The van der Waals surface area contributed by atoms with Crippen molar-refractivity contribution in [1.82, 2.24) is 0 Å². The summed E-state index contributed by atoms with van der Waals surface area (Å²) >= 11 is 10.8. The number of nitrogens with zero attached hydrogens (tertiary/aromatic N) is 1. The minimum atomic E-state index is -2.74. The summed E-state index contributed by atoms with van der Waals surface area (Å²) in [5.74, 6) is 0. The summed E-state index contributed by atoms with van der Waals surface area (Å²) in [6, 6.07) is 9.55. The second-order valence-corrected chi connectivity index (χ2v) is 7.88. The van der Waals surface area contributed by atoms with Crippen LogP contribution in [0.2, 0.25) is 0 Å². The van der Waals surface area contributed by atoms with Crippen molar-refractivity contribution < 1.29 is 38.6 Å². The van der Waals surface area contributed by atoms with Gasteiger partial charge in [0.2, 0.25) is 0 Å². The van der Waals surface area contributed by atoms with Gasteiger partial charge in [0.15, 0.2) is 0 Å². The van der Waals surface area contributed by atoms with E-state index >= 15 is 0 Å². The molecule has 0 aliphatic carbocycles. The smallest absolute Gasteiger partial charge is 0.598 e. The maximum Gasteiger partial charge on any atom is 1.00 e. The van der Waals surface area contributed by atoms with Crippen molar-refractivity contribution in [2.24, 2.45) is 0 Å². The van der Waals surface area contributed by atoms with Crippen LogP contribution in [0.3, 0.4) is 0 Å². The number of rotatable bonds is 6. The van der Waals surface area contributed by atoms with Gasteiger partial charge in [-0.1, -0.05) is 47.1 Å². The molecule has 0 aliphatic rings. The number of hydrogen-bond acceptors (Lipinski definition) is 4. The minimum absolute atomic E-state index is 0. The Balaban J connectivity index is 0.00000361. The molecule has 3 nitrogen and oxygen atoms in total. The molecule has 0 bridgehead atoms. The molecule has 0 saturated carbocycles. The molecule has 0 aliphatic heterocycles. The molecule has 7 heteroatoms. The zero-order valence-electron chi connectivity index (χ0n) is 12.6. The van der Waals surface area contributed by atoms with E-state index < -0.39 is 6.64 Å². The molecule has 1 aromatic carbocycles. The maximum atomic E-state index is 5.69. The van der Waals surface area contributed by atoms with Crippen LogP contribution in [0.5, 0.6) is 0 Å². The van der Waals surface area contributed by atoms with E-state index in [0.29, 0.717) is 4.99 Å². The predicted octanol–water partition coefficient (Wildman–Crippen LogP) is 1.81. The van der Waals surface area contributed by atoms with E-state index in [4.69, 9.17) is 33.1 Å². The van der Waals surface area contributed by atoms with Crippen LogP contribution in [0.4, 0.5) is 0 Å². The Morgan fingerprint density at radius 3 is 1.90 bits per heavy atom. The molecule has 1 aromatic rings. The molecule has 0 aromatic heterocycles. The van der Waals surface area contributed by atoms with Crippen molar-refractivity contribution in [3.05, 3.63) is 41.0 Å². The second-order valence-electron chi connectivity index (χ2n) is 4.55. The summed E-state index contributed by atoms with van der Waals surface area (Å²) in [6.07, 6.45) is -0.0983. The van der Waals surface area contributed by atoms with Crippen LogP contribution in [-0.2, 0) is 20.9 Å². The van der Waals surface area contributed by atoms with Gasteiger partial charge in [-0.3, -0.25) is 0 Å². The molecule has 0 spiro atoms. The summed E-state index contributed by atoms with van der Waals surface area (Å²) < 4.78 is 11.4. The number of benzene rings is 1.